The largest absolute Gasteiger partial charge is 0.497 e. The van der Waals surface area contributed by atoms with Gasteiger partial charge in [-0.05, 0) is 65.6 Å². The normalized spacial score (nSPS) is 12.6. The Morgan fingerprint density at radius 3 is 2.24 bits per heavy atom. The summed E-state index contributed by atoms with van der Waals surface area (Å²) in [6, 6.07) is 15.2. The van der Waals surface area contributed by atoms with E-state index < -0.39 is 16.1 Å². The molecule has 0 saturated heterocycles. The summed E-state index contributed by atoms with van der Waals surface area (Å²) in [5.41, 5.74) is 1.79. The second kappa shape index (κ2) is 9.99. The summed E-state index contributed by atoms with van der Waals surface area (Å²) in [6.07, 6.45) is 6.58. The first-order chi connectivity index (χ1) is 15.6. The zero-order chi connectivity index (χ0) is 24.2. The lowest BCUT2D eigenvalue weighted by atomic mass is 10.1. The number of nitrogens with one attached hydrogen (secondary N) is 2. The minimum Gasteiger partial charge on any atom is -0.497 e. The first-order valence-corrected chi connectivity index (χ1v) is 13.2. The molecule has 0 fully saturated rings. The van der Waals surface area contributed by atoms with Gasteiger partial charge in [0.15, 0.2) is 0 Å². The van der Waals surface area contributed by atoms with E-state index in [9.17, 15) is 14.7 Å². The van der Waals surface area contributed by atoms with Crippen LogP contribution in [-0.2, 0) is 23.1 Å². The van der Waals surface area contributed by atoms with Gasteiger partial charge in [0, 0.05) is 18.8 Å². The topological polar surface area (TPSA) is 105 Å². The van der Waals surface area contributed by atoms with Crippen LogP contribution in [0.5, 0.6) is 11.6 Å². The maximum atomic E-state index is 13.2. The van der Waals surface area contributed by atoms with E-state index >= 15 is 0 Å². The van der Waals surface area contributed by atoms with Crippen molar-refractivity contribution < 1.29 is 19.4 Å². The summed E-state index contributed by atoms with van der Waals surface area (Å²) >= 11 is 0. The number of hydrogen-bond donors (Lipinski definition) is 3. The van der Waals surface area contributed by atoms with Gasteiger partial charge in [-0.1, -0.05) is 12.1 Å². The van der Waals surface area contributed by atoms with Gasteiger partial charge >= 0.3 is 0 Å². The zero-order valence-electron chi connectivity index (χ0n) is 19.5. The Hall–Kier alpha value is -3.46. The van der Waals surface area contributed by atoms with Crippen molar-refractivity contribution in [3.63, 3.8) is 0 Å². The van der Waals surface area contributed by atoms with Crippen LogP contribution in [-0.4, -0.2) is 52.6 Å². The molecule has 2 amide bonds. The second-order valence-corrected chi connectivity index (χ2v) is 12.6. The zero-order valence-corrected chi connectivity index (χ0v) is 20.3. The van der Waals surface area contributed by atoms with Gasteiger partial charge in [0.25, 0.3) is 5.91 Å². The molecule has 1 heterocycles. The number of rotatable bonds is 8. The predicted octanol–water partition coefficient (Wildman–Crippen LogP) is 3.23. The first-order valence-electron chi connectivity index (χ1n) is 10.3. The van der Waals surface area contributed by atoms with E-state index in [4.69, 9.17) is 4.74 Å². The van der Waals surface area contributed by atoms with Gasteiger partial charge in [-0.2, -0.15) is 0 Å². The number of amides is 2. The minimum atomic E-state index is -0.918. The number of aryl methyl sites for hydroxylation is 1. The van der Waals surface area contributed by atoms with Crippen LogP contribution < -0.4 is 15.4 Å². The van der Waals surface area contributed by atoms with E-state index in [-0.39, 0.29) is 24.1 Å². The summed E-state index contributed by atoms with van der Waals surface area (Å²) < 4.78 is 6.63. The molecule has 33 heavy (non-hydrogen) atoms. The van der Waals surface area contributed by atoms with Crippen LogP contribution in [0.4, 0.5) is 5.69 Å². The number of nitrogens with zero attached hydrogens (tertiary/aromatic N) is 2. The van der Waals surface area contributed by atoms with Crippen molar-refractivity contribution >= 4 is 27.5 Å². The van der Waals surface area contributed by atoms with E-state index in [1.165, 1.54) is 15.6 Å². The number of aromatic hydroxyl groups is 1. The van der Waals surface area contributed by atoms with Gasteiger partial charge in [-0.3, -0.25) is 14.3 Å². The van der Waals surface area contributed by atoms with Gasteiger partial charge in [-0.15, -0.1) is 5.10 Å². The van der Waals surface area contributed by atoms with Crippen LogP contribution in [0.3, 0.4) is 0 Å². The van der Waals surface area contributed by atoms with Gasteiger partial charge < -0.3 is 20.5 Å². The highest BCUT2D eigenvalue weighted by atomic mass is 32.3. The molecule has 176 valence electrons. The average molecular weight is 471 g/mol. The van der Waals surface area contributed by atoms with Gasteiger partial charge in [0.1, 0.15) is 11.8 Å². The SMILES string of the molecule is COc1ccc(C(NC(=O)Cc2cc(O)nn2C)C(=O)Nc2ccc(S(C)(C)C)cc2)cc1. The number of carbonyl (C=O) groups is 2. The van der Waals surface area contributed by atoms with E-state index in [1.54, 1.807) is 38.4 Å². The van der Waals surface area contributed by atoms with Crippen molar-refractivity contribution in [3.8, 4) is 11.6 Å². The fourth-order valence-corrected chi connectivity index (χ4v) is 4.24. The lowest BCUT2D eigenvalue weighted by Crippen LogP contribution is -2.38. The minimum absolute atomic E-state index is 0.0347. The lowest BCUT2D eigenvalue weighted by Gasteiger charge is -2.26. The number of carbonyl (C=O) groups excluding carboxylic acids is 2. The molecule has 1 unspecified atom stereocenters. The molecular weight excluding hydrogens is 440 g/mol. The van der Waals surface area contributed by atoms with Crippen molar-refractivity contribution in [1.29, 1.82) is 0 Å². The maximum Gasteiger partial charge on any atom is 0.251 e. The molecule has 9 heteroatoms. The summed E-state index contributed by atoms with van der Waals surface area (Å²) in [5, 5.41) is 19.1. The van der Waals surface area contributed by atoms with Crippen molar-refractivity contribution in [3.05, 3.63) is 65.9 Å². The monoisotopic (exact) mass is 470 g/mol. The van der Waals surface area contributed by atoms with Crippen LogP contribution in [0.15, 0.2) is 59.5 Å². The van der Waals surface area contributed by atoms with Crippen LogP contribution in [0, 0.1) is 0 Å². The Kier molecular flexibility index (Phi) is 7.33. The van der Waals surface area contributed by atoms with Crippen molar-refractivity contribution in [2.24, 2.45) is 7.05 Å². The predicted molar refractivity (Wildman–Crippen MR) is 131 cm³/mol. The Bertz CT molecular complexity index is 1120. The lowest BCUT2D eigenvalue weighted by molar-refractivity contribution is -0.126. The number of hydrogen-bond acceptors (Lipinski definition) is 5. The molecule has 0 aliphatic heterocycles. The summed E-state index contributed by atoms with van der Waals surface area (Å²) in [6.45, 7) is 0. The Morgan fingerprint density at radius 2 is 1.73 bits per heavy atom. The maximum absolute atomic E-state index is 13.2. The Labute approximate surface area is 195 Å². The molecular formula is C24H30N4O4S. The van der Waals surface area contributed by atoms with Crippen LogP contribution in [0.25, 0.3) is 0 Å². The highest BCUT2D eigenvalue weighted by Crippen LogP contribution is 2.45. The molecule has 0 aliphatic rings. The molecule has 8 nitrogen and oxygen atoms in total. The van der Waals surface area contributed by atoms with Crippen LogP contribution in [0.1, 0.15) is 17.3 Å². The molecule has 1 aromatic heterocycles. The number of benzene rings is 2. The van der Waals surface area contributed by atoms with Gasteiger partial charge in [-0.25, -0.2) is 10.0 Å². The molecule has 3 aromatic rings. The van der Waals surface area contributed by atoms with Crippen molar-refractivity contribution in [2.45, 2.75) is 17.4 Å². The van der Waals surface area contributed by atoms with E-state index in [0.717, 1.165) is 0 Å². The fourth-order valence-electron chi connectivity index (χ4n) is 3.29. The van der Waals surface area contributed by atoms with Crippen LogP contribution >= 0.6 is 10.0 Å². The molecule has 0 radical (unpaired) electrons. The summed E-state index contributed by atoms with van der Waals surface area (Å²) in [5.74, 6) is -0.252. The molecule has 3 rings (SSSR count). The van der Waals surface area contributed by atoms with E-state index in [0.29, 0.717) is 22.7 Å². The molecule has 1 atom stereocenters. The van der Waals surface area contributed by atoms with Crippen LogP contribution in [0.2, 0.25) is 0 Å². The summed E-state index contributed by atoms with van der Waals surface area (Å²) in [4.78, 5) is 27.2. The van der Waals surface area contributed by atoms with E-state index in [2.05, 4.69) is 34.5 Å². The third-order valence-corrected chi connectivity index (χ3v) is 6.84. The highest BCUT2D eigenvalue weighted by molar-refractivity contribution is 8.32. The van der Waals surface area contributed by atoms with Crippen molar-refractivity contribution in [2.75, 3.05) is 31.2 Å². The van der Waals surface area contributed by atoms with Gasteiger partial charge in [0.05, 0.1) is 19.2 Å². The van der Waals surface area contributed by atoms with Gasteiger partial charge in [0.2, 0.25) is 11.8 Å². The first kappa shape index (κ1) is 24.2. The molecule has 2 aromatic carbocycles. The Morgan fingerprint density at radius 1 is 1.09 bits per heavy atom. The third kappa shape index (κ3) is 6.29. The van der Waals surface area contributed by atoms with E-state index in [1.807, 2.05) is 24.3 Å². The smallest absolute Gasteiger partial charge is 0.251 e. The average Bonchev–Trinajstić information content (AvgIpc) is 3.08. The molecule has 0 aliphatic carbocycles. The highest BCUT2D eigenvalue weighted by Gasteiger charge is 2.24. The number of ether oxygens (including phenoxy) is 1. The fraction of sp³-hybridized carbons (Fsp3) is 0.292. The molecule has 0 spiro atoms. The number of anilines is 1. The van der Waals surface area contributed by atoms with Crippen molar-refractivity contribution in [1.82, 2.24) is 15.1 Å². The molecule has 0 saturated carbocycles. The number of aromatic nitrogens is 2. The molecule has 3 N–H and O–H groups in total. The summed E-state index contributed by atoms with van der Waals surface area (Å²) in [7, 11) is 2.33. The third-order valence-electron chi connectivity index (χ3n) is 5.15. The quantitative estimate of drug-likeness (QED) is 0.469. The standard InChI is InChI=1S/C24H30N4O4S/c1-28-18(15-22(30)27-28)14-21(29)26-23(16-6-10-19(32-2)11-7-16)24(31)25-17-8-12-20(13-9-17)33(3,4)5/h6-13,15,23H,14H2,1-5H3,(H,25,31)(H,26,29)(H,27,30). The Balaban J connectivity index is 1.80. The number of methoxy groups -OCH3 is 1. The second-order valence-electron chi connectivity index (χ2n) is 8.42. The molecule has 0 bridgehead atoms.